The lowest BCUT2D eigenvalue weighted by atomic mass is 10.0. The Bertz CT molecular complexity index is 308. The van der Waals surface area contributed by atoms with E-state index >= 15 is 0 Å². The number of aromatic nitrogens is 1. The topological polar surface area (TPSA) is 42.0 Å². The highest BCUT2D eigenvalue weighted by molar-refractivity contribution is 5.95. The second-order valence-corrected chi connectivity index (χ2v) is 3.17. The van der Waals surface area contributed by atoms with E-state index in [0.717, 1.165) is 5.69 Å². The molecule has 0 bridgehead atoms. The SMILES string of the molecule is CNC(=O)c1cccnc1C(C)C. The minimum atomic E-state index is -0.0724. The van der Waals surface area contributed by atoms with Gasteiger partial charge in [0.1, 0.15) is 0 Å². The van der Waals surface area contributed by atoms with Crippen LogP contribution in [0.5, 0.6) is 0 Å². The van der Waals surface area contributed by atoms with Crippen molar-refractivity contribution in [3.05, 3.63) is 29.6 Å². The second kappa shape index (κ2) is 4.03. The predicted molar refractivity (Wildman–Crippen MR) is 51.7 cm³/mol. The maximum Gasteiger partial charge on any atom is 0.252 e. The Hall–Kier alpha value is -1.38. The highest BCUT2D eigenvalue weighted by Gasteiger charge is 2.12. The molecule has 1 aromatic rings. The number of rotatable bonds is 2. The first kappa shape index (κ1) is 9.71. The number of carbonyl (C=O) groups is 1. The molecule has 3 heteroatoms. The summed E-state index contributed by atoms with van der Waals surface area (Å²) in [5, 5.41) is 2.60. The molecule has 0 aromatic carbocycles. The van der Waals surface area contributed by atoms with E-state index in [-0.39, 0.29) is 11.8 Å². The number of nitrogens with one attached hydrogen (secondary N) is 1. The standard InChI is InChI=1S/C10H14N2O/c1-7(2)9-8(10(13)11-3)5-4-6-12-9/h4-7H,1-3H3,(H,11,13). The summed E-state index contributed by atoms with van der Waals surface area (Å²) in [6, 6.07) is 3.57. The molecule has 0 unspecified atom stereocenters. The lowest BCUT2D eigenvalue weighted by Gasteiger charge is -2.09. The molecule has 0 aliphatic rings. The lowest BCUT2D eigenvalue weighted by Crippen LogP contribution is -2.20. The van der Waals surface area contributed by atoms with Gasteiger partial charge in [0.15, 0.2) is 0 Å². The highest BCUT2D eigenvalue weighted by Crippen LogP contribution is 2.15. The van der Waals surface area contributed by atoms with Crippen LogP contribution in [0.3, 0.4) is 0 Å². The molecule has 0 radical (unpaired) electrons. The number of amides is 1. The molecule has 0 aliphatic carbocycles. The van der Waals surface area contributed by atoms with Crippen molar-refractivity contribution in [2.45, 2.75) is 19.8 Å². The molecule has 0 aliphatic heterocycles. The van der Waals surface area contributed by atoms with Crippen LogP contribution in [0.4, 0.5) is 0 Å². The minimum Gasteiger partial charge on any atom is -0.355 e. The fourth-order valence-corrected chi connectivity index (χ4v) is 1.20. The van der Waals surface area contributed by atoms with Gasteiger partial charge in [-0.05, 0) is 18.1 Å². The predicted octanol–water partition coefficient (Wildman–Crippen LogP) is 1.56. The van der Waals surface area contributed by atoms with Gasteiger partial charge in [-0.25, -0.2) is 0 Å². The van der Waals surface area contributed by atoms with Gasteiger partial charge < -0.3 is 5.32 Å². The van der Waals surface area contributed by atoms with Crippen molar-refractivity contribution in [1.29, 1.82) is 0 Å². The average molecular weight is 178 g/mol. The zero-order valence-corrected chi connectivity index (χ0v) is 8.16. The monoisotopic (exact) mass is 178 g/mol. The molecule has 0 atom stereocenters. The summed E-state index contributed by atoms with van der Waals surface area (Å²) in [5.74, 6) is 0.199. The van der Waals surface area contributed by atoms with Crippen molar-refractivity contribution in [3.63, 3.8) is 0 Å². The van der Waals surface area contributed by atoms with E-state index in [1.54, 1.807) is 25.4 Å². The lowest BCUT2D eigenvalue weighted by molar-refractivity contribution is 0.0961. The van der Waals surface area contributed by atoms with E-state index in [4.69, 9.17) is 0 Å². The van der Waals surface area contributed by atoms with Gasteiger partial charge in [-0.2, -0.15) is 0 Å². The maximum absolute atomic E-state index is 11.4. The fourth-order valence-electron chi connectivity index (χ4n) is 1.20. The molecule has 1 heterocycles. The molecule has 70 valence electrons. The molecule has 0 saturated heterocycles. The van der Waals surface area contributed by atoms with Gasteiger partial charge in [0.05, 0.1) is 11.3 Å². The summed E-state index contributed by atoms with van der Waals surface area (Å²) >= 11 is 0. The Morgan fingerprint density at radius 1 is 1.54 bits per heavy atom. The van der Waals surface area contributed by atoms with Gasteiger partial charge in [-0.1, -0.05) is 13.8 Å². The molecular formula is C10H14N2O. The van der Waals surface area contributed by atoms with Crippen LogP contribution in [0.2, 0.25) is 0 Å². The van der Waals surface area contributed by atoms with Crippen molar-refractivity contribution in [3.8, 4) is 0 Å². The molecule has 13 heavy (non-hydrogen) atoms. The largest absolute Gasteiger partial charge is 0.355 e. The van der Waals surface area contributed by atoms with Gasteiger partial charge in [-0.15, -0.1) is 0 Å². The van der Waals surface area contributed by atoms with E-state index in [2.05, 4.69) is 10.3 Å². The van der Waals surface area contributed by atoms with Crippen LogP contribution in [-0.2, 0) is 0 Å². The van der Waals surface area contributed by atoms with Crippen LogP contribution in [0.1, 0.15) is 35.8 Å². The maximum atomic E-state index is 11.4. The Kier molecular flexibility index (Phi) is 3.01. The normalized spacial score (nSPS) is 10.2. The third kappa shape index (κ3) is 2.05. The first-order chi connectivity index (χ1) is 6.16. The van der Waals surface area contributed by atoms with E-state index in [1.807, 2.05) is 13.8 Å². The van der Waals surface area contributed by atoms with Crippen LogP contribution in [0.15, 0.2) is 18.3 Å². The van der Waals surface area contributed by atoms with Gasteiger partial charge in [0.25, 0.3) is 5.91 Å². The smallest absolute Gasteiger partial charge is 0.252 e. The van der Waals surface area contributed by atoms with Gasteiger partial charge in [0, 0.05) is 13.2 Å². The number of hydrogen-bond donors (Lipinski definition) is 1. The summed E-state index contributed by atoms with van der Waals surface area (Å²) in [5.41, 5.74) is 1.52. The van der Waals surface area contributed by atoms with Crippen LogP contribution in [-0.4, -0.2) is 17.9 Å². The third-order valence-electron chi connectivity index (χ3n) is 1.86. The zero-order valence-electron chi connectivity index (χ0n) is 8.16. The van der Waals surface area contributed by atoms with Crippen LogP contribution >= 0.6 is 0 Å². The molecule has 1 aromatic heterocycles. The zero-order chi connectivity index (χ0) is 9.84. The molecule has 0 saturated carbocycles. The summed E-state index contributed by atoms with van der Waals surface area (Å²) in [6.07, 6.45) is 1.71. The third-order valence-corrected chi connectivity index (χ3v) is 1.86. The molecule has 3 nitrogen and oxygen atoms in total. The van der Waals surface area contributed by atoms with E-state index < -0.39 is 0 Å². The molecular weight excluding hydrogens is 164 g/mol. The number of hydrogen-bond acceptors (Lipinski definition) is 2. The van der Waals surface area contributed by atoms with E-state index in [1.165, 1.54) is 0 Å². The number of carbonyl (C=O) groups excluding carboxylic acids is 1. The molecule has 1 amide bonds. The van der Waals surface area contributed by atoms with Crippen LogP contribution in [0.25, 0.3) is 0 Å². The Balaban J connectivity index is 3.12. The Labute approximate surface area is 78.2 Å². The highest BCUT2D eigenvalue weighted by atomic mass is 16.1. The second-order valence-electron chi connectivity index (χ2n) is 3.17. The first-order valence-corrected chi connectivity index (χ1v) is 4.33. The van der Waals surface area contributed by atoms with Crippen molar-refractivity contribution in [2.24, 2.45) is 0 Å². The summed E-state index contributed by atoms with van der Waals surface area (Å²) in [7, 11) is 1.62. The number of pyridine rings is 1. The first-order valence-electron chi connectivity index (χ1n) is 4.33. The van der Waals surface area contributed by atoms with Gasteiger partial charge in [-0.3, -0.25) is 9.78 Å². The quantitative estimate of drug-likeness (QED) is 0.746. The molecule has 0 fully saturated rings. The van der Waals surface area contributed by atoms with E-state index in [9.17, 15) is 4.79 Å². The van der Waals surface area contributed by atoms with Gasteiger partial charge in [0.2, 0.25) is 0 Å². The Morgan fingerprint density at radius 2 is 2.23 bits per heavy atom. The molecule has 1 rings (SSSR count). The van der Waals surface area contributed by atoms with Gasteiger partial charge >= 0.3 is 0 Å². The summed E-state index contributed by atoms with van der Waals surface area (Å²) in [4.78, 5) is 15.6. The average Bonchev–Trinajstić information content (AvgIpc) is 2.16. The summed E-state index contributed by atoms with van der Waals surface area (Å²) in [6.45, 7) is 4.05. The number of nitrogens with zero attached hydrogens (tertiary/aromatic N) is 1. The van der Waals surface area contributed by atoms with Crippen molar-refractivity contribution >= 4 is 5.91 Å². The van der Waals surface area contributed by atoms with Crippen LogP contribution < -0.4 is 5.32 Å². The summed E-state index contributed by atoms with van der Waals surface area (Å²) < 4.78 is 0. The van der Waals surface area contributed by atoms with E-state index in [0.29, 0.717) is 5.56 Å². The Morgan fingerprint density at radius 3 is 2.77 bits per heavy atom. The van der Waals surface area contributed by atoms with Crippen molar-refractivity contribution in [1.82, 2.24) is 10.3 Å². The van der Waals surface area contributed by atoms with Crippen molar-refractivity contribution < 1.29 is 4.79 Å². The minimum absolute atomic E-state index is 0.0724. The fraction of sp³-hybridized carbons (Fsp3) is 0.400. The van der Waals surface area contributed by atoms with Crippen LogP contribution in [0, 0.1) is 0 Å². The van der Waals surface area contributed by atoms with Crippen molar-refractivity contribution in [2.75, 3.05) is 7.05 Å². The molecule has 1 N–H and O–H groups in total. The molecule has 0 spiro atoms.